The predicted octanol–water partition coefficient (Wildman–Crippen LogP) is 4.56. The molecule has 8 atom stereocenters. The normalized spacial score (nSPS) is 24.0. The molecule has 2 bridgehead atoms. The summed E-state index contributed by atoms with van der Waals surface area (Å²) in [5.41, 5.74) is 1.08. The van der Waals surface area contributed by atoms with Gasteiger partial charge in [-0.05, 0) is 42.4 Å². The Hall–Kier alpha value is -5.10. The van der Waals surface area contributed by atoms with Crippen LogP contribution in [0.15, 0.2) is 116 Å². The van der Waals surface area contributed by atoms with Gasteiger partial charge in [-0.2, -0.15) is 0 Å². The zero-order valence-electron chi connectivity index (χ0n) is 31.3. The average Bonchev–Trinajstić information content (AvgIpc) is 3.86. The van der Waals surface area contributed by atoms with Crippen molar-refractivity contribution < 1.29 is 38.5 Å². The molecule has 6 rings (SSSR count). The second-order valence-electron chi connectivity index (χ2n) is 14.5. The Bertz CT molecular complexity index is 1810. The fraction of sp³-hybridized carbons (Fsp3) is 0.409. The molecular weight excluding hydrogens is 698 g/mol. The molecule has 0 unspecified atom stereocenters. The molecule has 0 aliphatic carbocycles. The first-order valence-corrected chi connectivity index (χ1v) is 19.0. The first-order valence-electron chi connectivity index (χ1n) is 19.0. The van der Waals surface area contributed by atoms with Crippen molar-refractivity contribution in [3.05, 3.63) is 133 Å². The SMILES string of the molecule is C=CCCC(=O)N[C@H](COC)[C@H](OC(=O)[C@@H]1[C@@H]2CC[C@]3(O2)[C@H](C(=O)N(CC=C)Cc2ccccc2)N([C@@H](CO)Cc2ccccc2)C(=O)[C@@H]13)c1ccccc1. The van der Waals surface area contributed by atoms with Gasteiger partial charge in [0.05, 0.1) is 43.2 Å². The van der Waals surface area contributed by atoms with Gasteiger partial charge in [0, 0.05) is 26.6 Å². The smallest absolute Gasteiger partial charge is 0.313 e. The number of hydrogen-bond acceptors (Lipinski definition) is 8. The maximum absolute atomic E-state index is 15.0. The highest BCUT2D eigenvalue weighted by Crippen LogP contribution is 2.59. The van der Waals surface area contributed by atoms with Crippen molar-refractivity contribution in [3.8, 4) is 0 Å². The van der Waals surface area contributed by atoms with Crippen LogP contribution in [0.5, 0.6) is 0 Å². The molecule has 290 valence electrons. The van der Waals surface area contributed by atoms with Gasteiger partial charge in [0.2, 0.25) is 17.7 Å². The Kier molecular flexibility index (Phi) is 13.0. The number of likely N-dealkylation sites (tertiary alicyclic amines) is 1. The molecule has 3 amide bonds. The molecule has 3 aromatic carbocycles. The number of hydrogen-bond donors (Lipinski definition) is 2. The zero-order chi connectivity index (χ0) is 39.0. The lowest BCUT2D eigenvalue weighted by Gasteiger charge is -2.39. The molecule has 2 N–H and O–H groups in total. The van der Waals surface area contributed by atoms with Crippen LogP contribution < -0.4 is 5.32 Å². The van der Waals surface area contributed by atoms with Gasteiger partial charge in [-0.3, -0.25) is 19.2 Å². The summed E-state index contributed by atoms with van der Waals surface area (Å²) in [4.78, 5) is 60.8. The summed E-state index contributed by atoms with van der Waals surface area (Å²) in [5.74, 6) is -3.77. The minimum atomic E-state index is -1.34. The highest BCUT2D eigenvalue weighted by Gasteiger charge is 2.75. The third-order valence-corrected chi connectivity index (χ3v) is 11.0. The number of benzene rings is 3. The molecule has 0 aromatic heterocycles. The first kappa shape index (κ1) is 39.6. The van der Waals surface area contributed by atoms with Crippen LogP contribution in [0.2, 0.25) is 0 Å². The number of rotatable bonds is 19. The molecule has 1 spiro atoms. The van der Waals surface area contributed by atoms with Gasteiger partial charge in [0.1, 0.15) is 17.7 Å². The monoisotopic (exact) mass is 749 g/mol. The topological polar surface area (TPSA) is 135 Å². The van der Waals surface area contributed by atoms with Gasteiger partial charge in [0.15, 0.2) is 0 Å². The van der Waals surface area contributed by atoms with E-state index < -0.39 is 66.3 Å². The van der Waals surface area contributed by atoms with Gasteiger partial charge in [-0.1, -0.05) is 103 Å². The molecule has 3 heterocycles. The number of allylic oxidation sites excluding steroid dienone is 1. The predicted molar refractivity (Wildman–Crippen MR) is 206 cm³/mol. The third kappa shape index (κ3) is 8.29. The Morgan fingerprint density at radius 1 is 1.00 bits per heavy atom. The number of carbonyl (C=O) groups is 4. The molecule has 3 fully saturated rings. The van der Waals surface area contributed by atoms with Crippen LogP contribution in [0, 0.1) is 11.8 Å². The Morgan fingerprint density at radius 2 is 1.65 bits per heavy atom. The summed E-state index contributed by atoms with van der Waals surface area (Å²) in [6, 6.07) is 25.5. The van der Waals surface area contributed by atoms with Crippen LogP contribution >= 0.6 is 0 Å². The van der Waals surface area contributed by atoms with E-state index in [4.69, 9.17) is 14.2 Å². The maximum atomic E-state index is 15.0. The number of aliphatic hydroxyl groups is 1. The lowest BCUT2D eigenvalue weighted by Crippen LogP contribution is -2.59. The van der Waals surface area contributed by atoms with E-state index in [1.807, 2.05) is 91.0 Å². The van der Waals surface area contributed by atoms with Crippen LogP contribution in [0.4, 0.5) is 0 Å². The fourth-order valence-corrected chi connectivity index (χ4v) is 8.66. The molecule has 11 nitrogen and oxygen atoms in total. The summed E-state index contributed by atoms with van der Waals surface area (Å²) in [5, 5.41) is 13.9. The van der Waals surface area contributed by atoms with E-state index in [0.717, 1.165) is 11.1 Å². The molecule has 3 aliphatic rings. The standard InChI is InChI=1S/C44H51N3O8/c1-4-6-22-36(49)45-34(29-53-3)39(32-20-14-9-15-21-32)54-43(52)37-35-23-24-44(55-35)38(37)41(50)47(33(28-48)26-30-16-10-7-11-17-30)40(44)42(51)46(25-5-2)27-31-18-12-8-13-19-31/h4-5,7-21,33-35,37-40,48H,1-2,6,22-29H2,3H3,(H,45,49)/t33-,34-,35+,37-,38-,39-,40+,44-/m1/s1. The second-order valence-corrected chi connectivity index (χ2v) is 14.5. The van der Waals surface area contributed by atoms with Gasteiger partial charge in [0.25, 0.3) is 0 Å². The zero-order valence-corrected chi connectivity index (χ0v) is 31.3. The molecule has 0 radical (unpaired) electrons. The number of carbonyl (C=O) groups excluding carboxylic acids is 4. The number of amides is 3. The van der Waals surface area contributed by atoms with Crippen molar-refractivity contribution in [2.75, 3.05) is 26.9 Å². The van der Waals surface area contributed by atoms with Crippen molar-refractivity contribution >= 4 is 23.7 Å². The van der Waals surface area contributed by atoms with Crippen LogP contribution in [0.1, 0.15) is 48.5 Å². The number of esters is 1. The molecule has 55 heavy (non-hydrogen) atoms. The van der Waals surface area contributed by atoms with E-state index >= 15 is 9.59 Å². The minimum Gasteiger partial charge on any atom is -0.455 e. The van der Waals surface area contributed by atoms with Crippen molar-refractivity contribution in [2.45, 2.75) is 74.6 Å². The van der Waals surface area contributed by atoms with Crippen LogP contribution in [-0.4, -0.2) is 95.3 Å². The van der Waals surface area contributed by atoms with Crippen LogP contribution in [-0.2, 0) is 46.4 Å². The number of nitrogens with one attached hydrogen (secondary N) is 1. The quantitative estimate of drug-likeness (QED) is 0.135. The van der Waals surface area contributed by atoms with E-state index in [1.54, 1.807) is 17.1 Å². The third-order valence-electron chi connectivity index (χ3n) is 11.0. The Balaban J connectivity index is 1.37. The molecule has 3 saturated heterocycles. The molecule has 3 aliphatic heterocycles. The number of ether oxygens (including phenoxy) is 3. The van der Waals surface area contributed by atoms with Crippen molar-refractivity contribution in [1.82, 2.24) is 15.1 Å². The molecule has 3 aromatic rings. The fourth-order valence-electron chi connectivity index (χ4n) is 8.66. The molecule has 11 heteroatoms. The Morgan fingerprint density at radius 3 is 2.27 bits per heavy atom. The summed E-state index contributed by atoms with van der Waals surface area (Å²) in [6.45, 7) is 7.72. The van der Waals surface area contributed by atoms with E-state index in [0.29, 0.717) is 24.8 Å². The van der Waals surface area contributed by atoms with Gasteiger partial charge < -0.3 is 34.4 Å². The van der Waals surface area contributed by atoms with Gasteiger partial charge in [-0.15, -0.1) is 13.2 Å². The van der Waals surface area contributed by atoms with Crippen LogP contribution in [0.25, 0.3) is 0 Å². The van der Waals surface area contributed by atoms with Crippen molar-refractivity contribution in [1.29, 1.82) is 0 Å². The highest BCUT2D eigenvalue weighted by molar-refractivity contribution is 5.98. The Labute approximate surface area is 322 Å². The van der Waals surface area contributed by atoms with Gasteiger partial charge in [-0.25, -0.2) is 0 Å². The number of methoxy groups -OCH3 is 1. The summed E-state index contributed by atoms with van der Waals surface area (Å²) in [7, 11) is 1.50. The van der Waals surface area contributed by atoms with Crippen LogP contribution in [0.3, 0.4) is 0 Å². The highest BCUT2D eigenvalue weighted by atomic mass is 16.6. The maximum Gasteiger partial charge on any atom is 0.313 e. The minimum absolute atomic E-state index is 0.0478. The largest absolute Gasteiger partial charge is 0.455 e. The van der Waals surface area contributed by atoms with Gasteiger partial charge >= 0.3 is 5.97 Å². The summed E-state index contributed by atoms with van der Waals surface area (Å²) >= 11 is 0. The first-order chi connectivity index (χ1) is 26.8. The average molecular weight is 750 g/mol. The number of aliphatic hydroxyl groups excluding tert-OH is 1. The second kappa shape index (κ2) is 18.0. The van der Waals surface area contributed by atoms with E-state index in [9.17, 15) is 14.7 Å². The molecule has 0 saturated carbocycles. The van der Waals surface area contributed by atoms with Crippen molar-refractivity contribution in [2.24, 2.45) is 11.8 Å². The lowest BCUT2D eigenvalue weighted by atomic mass is 9.70. The van der Waals surface area contributed by atoms with E-state index in [2.05, 4.69) is 18.5 Å². The lowest BCUT2D eigenvalue weighted by molar-refractivity contribution is -0.163. The number of nitrogens with zero attached hydrogens (tertiary/aromatic N) is 2. The number of fused-ring (bicyclic) bond motifs is 1. The van der Waals surface area contributed by atoms with E-state index in [-0.39, 0.29) is 44.4 Å². The van der Waals surface area contributed by atoms with E-state index in [1.165, 1.54) is 12.0 Å². The summed E-state index contributed by atoms with van der Waals surface area (Å²) in [6.07, 6.45) is 3.42. The van der Waals surface area contributed by atoms with Crippen molar-refractivity contribution in [3.63, 3.8) is 0 Å². The molecular formula is C44H51N3O8. The summed E-state index contributed by atoms with van der Waals surface area (Å²) < 4.78 is 18.6.